The number of carbonyl (C=O) groups excluding carboxylic acids is 1. The maximum Gasteiger partial charge on any atom is 0.410 e. The largest absolute Gasteiger partial charge is 0.444 e. The van der Waals surface area contributed by atoms with Crippen molar-refractivity contribution in [3.63, 3.8) is 0 Å². The molecular weight excluding hydrogens is 312 g/mol. The molecular formula is C17H32N2O3S. The number of rotatable bonds is 2. The molecule has 0 aromatic carbocycles. The van der Waals surface area contributed by atoms with Crippen molar-refractivity contribution in [1.29, 1.82) is 0 Å². The number of thioether (sulfide) groups is 1. The van der Waals surface area contributed by atoms with Crippen LogP contribution < -0.4 is 0 Å². The zero-order chi connectivity index (χ0) is 16.9. The number of likely N-dealkylation sites (tertiary alicyclic amines) is 1. The zero-order valence-electron chi connectivity index (χ0n) is 14.8. The van der Waals surface area contributed by atoms with Crippen LogP contribution in [0.15, 0.2) is 0 Å². The predicted octanol–water partition coefficient (Wildman–Crippen LogP) is 2.58. The number of nitrogens with zero attached hydrogens (tertiary/aromatic N) is 2. The van der Waals surface area contributed by atoms with Gasteiger partial charge in [0.25, 0.3) is 0 Å². The van der Waals surface area contributed by atoms with E-state index in [0.29, 0.717) is 19.5 Å². The Bertz CT molecular complexity index is 392. The van der Waals surface area contributed by atoms with E-state index in [1.54, 1.807) is 4.90 Å². The summed E-state index contributed by atoms with van der Waals surface area (Å²) < 4.78 is 5.46. The van der Waals surface area contributed by atoms with E-state index in [-0.39, 0.29) is 6.09 Å². The Balaban J connectivity index is 1.87. The van der Waals surface area contributed by atoms with Gasteiger partial charge in [0, 0.05) is 31.9 Å². The summed E-state index contributed by atoms with van der Waals surface area (Å²) in [6.45, 7) is 9.77. The minimum atomic E-state index is -0.675. The SMILES string of the molecule is CC(C)(C)OC(=O)N1CCC[C@](O)(CN2CCCSCC2)CC1. The molecule has 0 radical (unpaired) electrons. The second kappa shape index (κ2) is 8.08. The molecule has 0 aliphatic carbocycles. The second-order valence-corrected chi connectivity index (χ2v) is 9.01. The van der Waals surface area contributed by atoms with Gasteiger partial charge in [0.05, 0.1) is 5.60 Å². The van der Waals surface area contributed by atoms with Gasteiger partial charge in [-0.1, -0.05) is 0 Å². The maximum absolute atomic E-state index is 12.2. The molecule has 1 N–H and O–H groups in total. The van der Waals surface area contributed by atoms with E-state index >= 15 is 0 Å². The Hall–Kier alpha value is -0.460. The maximum atomic E-state index is 12.2. The number of carbonyl (C=O) groups is 1. The van der Waals surface area contributed by atoms with E-state index in [1.165, 1.54) is 12.2 Å². The van der Waals surface area contributed by atoms with E-state index in [0.717, 1.165) is 38.2 Å². The van der Waals surface area contributed by atoms with Crippen molar-refractivity contribution < 1.29 is 14.6 Å². The summed E-state index contributed by atoms with van der Waals surface area (Å²) in [7, 11) is 0. The standard InChI is InChI=1S/C17H32N2O3S/c1-16(2,3)22-15(20)19-9-4-6-17(21,7-10-19)14-18-8-5-12-23-13-11-18/h21H,4-14H2,1-3H3/t17-/m1/s1. The summed E-state index contributed by atoms with van der Waals surface area (Å²) in [5.41, 5.74) is -1.14. The van der Waals surface area contributed by atoms with Crippen LogP contribution in [-0.2, 0) is 4.74 Å². The summed E-state index contributed by atoms with van der Waals surface area (Å²) in [4.78, 5) is 16.4. The number of ether oxygens (including phenoxy) is 1. The highest BCUT2D eigenvalue weighted by molar-refractivity contribution is 7.99. The first-order valence-electron chi connectivity index (χ1n) is 8.78. The number of amides is 1. The van der Waals surface area contributed by atoms with Crippen molar-refractivity contribution >= 4 is 17.9 Å². The molecule has 0 aromatic heterocycles. The Kier molecular flexibility index (Phi) is 6.63. The minimum Gasteiger partial charge on any atom is -0.444 e. The van der Waals surface area contributed by atoms with E-state index in [2.05, 4.69) is 4.90 Å². The molecule has 0 bridgehead atoms. The number of aliphatic hydroxyl groups is 1. The molecule has 2 heterocycles. The van der Waals surface area contributed by atoms with Gasteiger partial charge >= 0.3 is 6.09 Å². The lowest BCUT2D eigenvalue weighted by Gasteiger charge is -2.33. The summed E-state index contributed by atoms with van der Waals surface area (Å²) in [5, 5.41) is 11.0. The normalized spacial score (nSPS) is 28.1. The molecule has 2 aliphatic heterocycles. The van der Waals surface area contributed by atoms with Gasteiger partial charge < -0.3 is 14.7 Å². The molecule has 5 nitrogen and oxygen atoms in total. The number of β-amino-alcohol motifs (C(OH)–C–C–N with tert-alkyl or cyclic N) is 1. The molecule has 0 aromatic rings. The Morgan fingerprint density at radius 3 is 2.65 bits per heavy atom. The van der Waals surface area contributed by atoms with Crippen LogP contribution in [0.4, 0.5) is 4.79 Å². The van der Waals surface area contributed by atoms with Crippen molar-refractivity contribution in [2.24, 2.45) is 0 Å². The van der Waals surface area contributed by atoms with Crippen LogP contribution >= 0.6 is 11.8 Å². The smallest absolute Gasteiger partial charge is 0.410 e. The van der Waals surface area contributed by atoms with E-state index < -0.39 is 11.2 Å². The van der Waals surface area contributed by atoms with Gasteiger partial charge in [-0.3, -0.25) is 4.90 Å². The van der Waals surface area contributed by atoms with Crippen molar-refractivity contribution in [1.82, 2.24) is 9.80 Å². The molecule has 2 saturated heterocycles. The number of hydrogen-bond acceptors (Lipinski definition) is 5. The third-order valence-corrected chi connectivity index (χ3v) is 5.45. The summed E-state index contributed by atoms with van der Waals surface area (Å²) in [6, 6.07) is 0. The molecule has 134 valence electrons. The highest BCUT2D eigenvalue weighted by Gasteiger charge is 2.34. The molecule has 2 fully saturated rings. The Morgan fingerprint density at radius 1 is 1.13 bits per heavy atom. The van der Waals surface area contributed by atoms with Crippen LogP contribution in [-0.4, -0.2) is 76.4 Å². The third kappa shape index (κ3) is 6.51. The molecule has 0 spiro atoms. The average molecular weight is 345 g/mol. The second-order valence-electron chi connectivity index (χ2n) is 7.79. The van der Waals surface area contributed by atoms with Crippen LogP contribution in [0.25, 0.3) is 0 Å². The molecule has 0 unspecified atom stereocenters. The van der Waals surface area contributed by atoms with Gasteiger partial charge in [0.15, 0.2) is 0 Å². The van der Waals surface area contributed by atoms with Crippen LogP contribution in [0.5, 0.6) is 0 Å². The average Bonchev–Trinajstić information content (AvgIpc) is 2.78. The van der Waals surface area contributed by atoms with Crippen molar-refractivity contribution in [3.8, 4) is 0 Å². The third-order valence-electron chi connectivity index (χ3n) is 4.40. The highest BCUT2D eigenvalue weighted by Crippen LogP contribution is 2.25. The summed E-state index contributed by atoms with van der Waals surface area (Å²) >= 11 is 2.00. The van der Waals surface area contributed by atoms with Crippen molar-refractivity contribution in [2.45, 2.75) is 57.7 Å². The molecule has 2 aliphatic rings. The molecule has 2 rings (SSSR count). The van der Waals surface area contributed by atoms with Crippen LogP contribution in [0, 0.1) is 0 Å². The van der Waals surface area contributed by atoms with E-state index in [4.69, 9.17) is 4.74 Å². The fourth-order valence-electron chi connectivity index (χ4n) is 3.22. The molecule has 23 heavy (non-hydrogen) atoms. The number of hydrogen-bond donors (Lipinski definition) is 1. The van der Waals surface area contributed by atoms with Gasteiger partial charge in [0.2, 0.25) is 0 Å². The Morgan fingerprint density at radius 2 is 1.91 bits per heavy atom. The minimum absolute atomic E-state index is 0.257. The van der Waals surface area contributed by atoms with Crippen molar-refractivity contribution in [3.05, 3.63) is 0 Å². The van der Waals surface area contributed by atoms with Crippen LogP contribution in [0.2, 0.25) is 0 Å². The predicted molar refractivity (Wildman–Crippen MR) is 95.0 cm³/mol. The summed E-state index contributed by atoms with van der Waals surface area (Å²) in [6.07, 6.45) is 3.17. The van der Waals surface area contributed by atoms with Gasteiger partial charge in [-0.25, -0.2) is 4.79 Å². The molecule has 0 saturated carbocycles. The summed E-state index contributed by atoms with van der Waals surface area (Å²) in [5.74, 6) is 2.38. The van der Waals surface area contributed by atoms with Gasteiger partial charge in [-0.2, -0.15) is 11.8 Å². The lowest BCUT2D eigenvalue weighted by atomic mass is 9.94. The monoisotopic (exact) mass is 344 g/mol. The lowest BCUT2D eigenvalue weighted by molar-refractivity contribution is -0.00875. The first-order chi connectivity index (χ1) is 10.8. The fraction of sp³-hybridized carbons (Fsp3) is 0.941. The first-order valence-corrected chi connectivity index (χ1v) is 9.93. The topological polar surface area (TPSA) is 53.0 Å². The zero-order valence-corrected chi connectivity index (χ0v) is 15.7. The Labute approximate surface area is 144 Å². The van der Waals surface area contributed by atoms with E-state index in [1.807, 2.05) is 32.5 Å². The quantitative estimate of drug-likeness (QED) is 0.834. The lowest BCUT2D eigenvalue weighted by Crippen LogP contribution is -2.45. The highest BCUT2D eigenvalue weighted by atomic mass is 32.2. The fourth-order valence-corrected chi connectivity index (χ4v) is 4.14. The van der Waals surface area contributed by atoms with Gasteiger partial charge in [-0.05, 0) is 58.8 Å². The molecule has 1 atom stereocenters. The van der Waals surface area contributed by atoms with E-state index in [9.17, 15) is 9.90 Å². The van der Waals surface area contributed by atoms with Crippen molar-refractivity contribution in [2.75, 3.05) is 44.2 Å². The van der Waals surface area contributed by atoms with Crippen LogP contribution in [0.1, 0.15) is 46.5 Å². The first kappa shape index (κ1) is 18.9. The van der Waals surface area contributed by atoms with Gasteiger partial charge in [-0.15, -0.1) is 0 Å². The van der Waals surface area contributed by atoms with Crippen LogP contribution in [0.3, 0.4) is 0 Å². The molecule has 1 amide bonds. The molecule has 6 heteroatoms. The van der Waals surface area contributed by atoms with Gasteiger partial charge in [0.1, 0.15) is 5.60 Å².